The second-order valence-electron chi connectivity index (χ2n) is 13.5. The van der Waals surface area contributed by atoms with E-state index in [1.54, 1.807) is 49.6 Å². The van der Waals surface area contributed by atoms with Gasteiger partial charge in [0.05, 0.1) is 17.2 Å². The number of rotatable bonds is 5. The van der Waals surface area contributed by atoms with Crippen LogP contribution < -0.4 is 9.47 Å². The first kappa shape index (κ1) is 29.8. The van der Waals surface area contributed by atoms with Crippen molar-refractivity contribution in [2.24, 2.45) is 34.5 Å². The van der Waals surface area contributed by atoms with Crippen LogP contribution in [0.4, 0.5) is 0 Å². The second kappa shape index (κ2) is 10.9. The smallest absolute Gasteiger partial charge is 0.338 e. The van der Waals surface area contributed by atoms with Crippen LogP contribution in [0, 0.1) is 34.5 Å². The molecule has 2 aromatic rings. The van der Waals surface area contributed by atoms with Crippen molar-refractivity contribution in [3.63, 3.8) is 0 Å². The second-order valence-corrected chi connectivity index (χ2v) is 13.5. The average Bonchev–Trinajstić information content (AvgIpc) is 3.50. The quantitative estimate of drug-likeness (QED) is 0.342. The molecule has 1 saturated heterocycles. The van der Waals surface area contributed by atoms with Gasteiger partial charge in [-0.05, 0) is 67.3 Å². The zero-order chi connectivity index (χ0) is 31.7. The molecule has 0 spiro atoms. The number of esters is 3. The van der Waals surface area contributed by atoms with Crippen LogP contribution in [-0.2, 0) is 28.5 Å². The van der Waals surface area contributed by atoms with Crippen LogP contribution in [0.5, 0.6) is 11.5 Å². The molecule has 5 aliphatic rings. The predicted octanol–water partition coefficient (Wildman–Crippen LogP) is 4.77. The zero-order valence-corrected chi connectivity index (χ0v) is 25.9. The summed E-state index contributed by atoms with van der Waals surface area (Å²) < 4.78 is 35.4. The summed E-state index contributed by atoms with van der Waals surface area (Å²) in [4.78, 5) is 54.7. The largest absolute Gasteiger partial charge is 0.462 e. The highest BCUT2D eigenvalue weighted by atomic mass is 16.7. The van der Waals surface area contributed by atoms with Crippen LogP contribution in [0.2, 0.25) is 0 Å². The minimum Gasteiger partial charge on any atom is -0.462 e. The van der Waals surface area contributed by atoms with Gasteiger partial charge in [0, 0.05) is 30.3 Å². The van der Waals surface area contributed by atoms with Crippen molar-refractivity contribution in [2.45, 2.75) is 70.9 Å². The van der Waals surface area contributed by atoms with E-state index in [4.69, 9.17) is 28.4 Å². The Kier molecular flexibility index (Phi) is 7.18. The molecule has 10 nitrogen and oxygen atoms in total. The van der Waals surface area contributed by atoms with Crippen molar-refractivity contribution in [3.05, 3.63) is 59.7 Å². The lowest BCUT2D eigenvalue weighted by Gasteiger charge is -2.68. The van der Waals surface area contributed by atoms with E-state index in [0.717, 1.165) is 0 Å². The van der Waals surface area contributed by atoms with Gasteiger partial charge in [0.25, 0.3) is 0 Å². The van der Waals surface area contributed by atoms with Gasteiger partial charge in [-0.25, -0.2) is 9.59 Å². The molecule has 10 atom stereocenters. The minimum absolute atomic E-state index is 0.0690. The summed E-state index contributed by atoms with van der Waals surface area (Å²) in [6.07, 6.45) is -1.27. The molecule has 0 radical (unpaired) electrons. The van der Waals surface area contributed by atoms with Gasteiger partial charge in [-0.1, -0.05) is 39.0 Å². The first-order valence-corrected chi connectivity index (χ1v) is 15.7. The first-order chi connectivity index (χ1) is 21.6. The molecule has 4 fully saturated rings. The van der Waals surface area contributed by atoms with Crippen molar-refractivity contribution >= 4 is 23.7 Å². The zero-order valence-electron chi connectivity index (χ0n) is 25.9. The number of hydrogen-bond acceptors (Lipinski definition) is 10. The van der Waals surface area contributed by atoms with Gasteiger partial charge in [-0.2, -0.15) is 0 Å². The summed E-state index contributed by atoms with van der Waals surface area (Å²) in [6, 6.07) is 13.5. The Morgan fingerprint density at radius 3 is 2.38 bits per heavy atom. The van der Waals surface area contributed by atoms with Gasteiger partial charge in [-0.3, -0.25) is 9.59 Å². The number of fused-ring (bicyclic) bond motifs is 3. The maximum absolute atomic E-state index is 14.7. The van der Waals surface area contributed by atoms with E-state index in [1.165, 1.54) is 0 Å². The summed E-state index contributed by atoms with van der Waals surface area (Å²) in [5.41, 5.74) is -1.13. The summed E-state index contributed by atoms with van der Waals surface area (Å²) in [5, 5.41) is 0. The van der Waals surface area contributed by atoms with Crippen molar-refractivity contribution in [3.8, 4) is 11.5 Å². The minimum atomic E-state index is -1.07. The maximum atomic E-state index is 14.7. The monoisotopic (exact) mass is 618 g/mol. The number of benzene rings is 2. The van der Waals surface area contributed by atoms with Crippen LogP contribution in [0.3, 0.4) is 0 Å². The molecule has 0 amide bonds. The van der Waals surface area contributed by atoms with Crippen LogP contribution >= 0.6 is 0 Å². The Morgan fingerprint density at radius 2 is 1.62 bits per heavy atom. The molecule has 2 aromatic carbocycles. The Labute approximate surface area is 261 Å². The predicted molar refractivity (Wildman–Crippen MR) is 157 cm³/mol. The van der Waals surface area contributed by atoms with E-state index in [2.05, 4.69) is 6.92 Å². The Bertz CT molecular complexity index is 1540. The fourth-order valence-corrected chi connectivity index (χ4v) is 9.46. The van der Waals surface area contributed by atoms with Crippen molar-refractivity contribution < 1.29 is 47.6 Å². The lowest BCUT2D eigenvalue weighted by Crippen LogP contribution is -2.74. The maximum Gasteiger partial charge on any atom is 0.338 e. The van der Waals surface area contributed by atoms with Gasteiger partial charge >= 0.3 is 17.9 Å². The molecule has 7 rings (SSSR count). The lowest BCUT2D eigenvalue weighted by atomic mass is 9.38. The molecule has 45 heavy (non-hydrogen) atoms. The van der Waals surface area contributed by atoms with E-state index < -0.39 is 53.1 Å². The third kappa shape index (κ3) is 4.47. The van der Waals surface area contributed by atoms with Gasteiger partial charge in [0.1, 0.15) is 12.2 Å². The fourth-order valence-electron chi connectivity index (χ4n) is 9.46. The summed E-state index contributed by atoms with van der Waals surface area (Å²) in [6.45, 7) is 6.07. The van der Waals surface area contributed by atoms with Crippen molar-refractivity contribution in [2.75, 3.05) is 13.9 Å². The summed E-state index contributed by atoms with van der Waals surface area (Å²) in [5.74, 6) is -1.76. The van der Waals surface area contributed by atoms with Gasteiger partial charge in [0.2, 0.25) is 6.79 Å². The van der Waals surface area contributed by atoms with E-state index in [-0.39, 0.29) is 48.3 Å². The molecular formula is C35H38O10. The van der Waals surface area contributed by atoms with Crippen molar-refractivity contribution in [1.82, 2.24) is 0 Å². The highest BCUT2D eigenvalue weighted by molar-refractivity contribution is 5.96. The Hall–Kier alpha value is -3.92. The van der Waals surface area contributed by atoms with E-state index in [0.29, 0.717) is 36.3 Å². The third-order valence-electron chi connectivity index (χ3n) is 11.6. The molecule has 10 heteroatoms. The highest BCUT2D eigenvalue weighted by Crippen LogP contribution is 2.68. The summed E-state index contributed by atoms with van der Waals surface area (Å²) >= 11 is 0. The molecule has 2 heterocycles. The average molecular weight is 619 g/mol. The molecule has 3 aliphatic carbocycles. The Balaban J connectivity index is 1.29. The number of carbonyl (C=O) groups excluding carboxylic acids is 4. The Morgan fingerprint density at radius 1 is 0.889 bits per heavy atom. The number of ether oxygens (including phenoxy) is 6. The topological polar surface area (TPSA) is 124 Å². The summed E-state index contributed by atoms with van der Waals surface area (Å²) in [7, 11) is 1.57. The van der Waals surface area contributed by atoms with Crippen molar-refractivity contribution in [1.29, 1.82) is 0 Å². The normalized spacial score (nSPS) is 38.0. The molecule has 0 bridgehead atoms. The number of carbonyl (C=O) groups is 4. The number of Topliss-reactive ketones (excluding diaryl/α,β-unsaturated/α-hetero) is 1. The third-order valence-corrected chi connectivity index (χ3v) is 11.6. The molecule has 2 aliphatic heterocycles. The molecule has 0 N–H and O–H groups in total. The van der Waals surface area contributed by atoms with Crippen LogP contribution in [-0.4, -0.2) is 62.0 Å². The fraction of sp³-hybridized carbons (Fsp3) is 0.543. The van der Waals surface area contributed by atoms with Crippen LogP contribution in [0.15, 0.2) is 48.5 Å². The first-order valence-electron chi connectivity index (χ1n) is 15.7. The van der Waals surface area contributed by atoms with E-state index in [9.17, 15) is 19.2 Å². The number of ketones is 1. The van der Waals surface area contributed by atoms with Gasteiger partial charge < -0.3 is 28.4 Å². The molecule has 1 unspecified atom stereocenters. The number of methoxy groups -OCH3 is 1. The number of hydrogen-bond donors (Lipinski definition) is 0. The van der Waals surface area contributed by atoms with Crippen LogP contribution in [0.25, 0.3) is 0 Å². The van der Waals surface area contributed by atoms with Gasteiger partial charge in [0.15, 0.2) is 23.4 Å². The standard InChI is InChI=1S/C35H38O10/c1-18-22-16-27(36)44-26-15-21-11-13-24(43-32(38)19-8-6-5-7-9-19)31(37)34(21,2)30(35(22,26)3)29(28(18)40-4)45-33(39)20-10-12-23-25(14-20)42-17-41-23/h5-10,12,14,18,21-22,24,26,28-30H,11,13,15-17H2,1-4H3/t18-,21-,22+,24+,26-,28?,29-,30-,34+,35-/m1/s1. The SMILES string of the molecule is COC1[C@@H](OC(=O)c2ccc3c(c2)OCO3)[C@@H]2[C@@]3(C)C(=O)[C@@H](OC(=O)c4ccccc4)CC[C@@H]3C[C@H]3OC(=O)C[C@@H]([C@H]1C)[C@@]23C. The van der Waals surface area contributed by atoms with E-state index >= 15 is 0 Å². The molecular weight excluding hydrogens is 580 g/mol. The van der Waals surface area contributed by atoms with Crippen LogP contribution in [0.1, 0.15) is 67.2 Å². The van der Waals surface area contributed by atoms with E-state index in [1.807, 2.05) is 19.9 Å². The lowest BCUT2D eigenvalue weighted by molar-refractivity contribution is -0.280. The molecule has 3 saturated carbocycles. The van der Waals surface area contributed by atoms with Gasteiger partial charge in [-0.15, -0.1) is 0 Å². The highest BCUT2D eigenvalue weighted by Gasteiger charge is 2.74. The molecule has 0 aromatic heterocycles. The molecule has 238 valence electrons.